The molecule has 2 fully saturated rings. The Morgan fingerprint density at radius 3 is 2.79 bits per heavy atom. The molecule has 0 saturated carbocycles. The lowest BCUT2D eigenvalue weighted by molar-refractivity contribution is -0.0557. The van der Waals surface area contributed by atoms with E-state index >= 15 is 0 Å². The van der Waals surface area contributed by atoms with Gasteiger partial charge < -0.3 is 18.9 Å². The Balaban J connectivity index is 1.72. The van der Waals surface area contributed by atoms with E-state index in [9.17, 15) is 0 Å². The smallest absolute Gasteiger partial charge is 0.147 e. The minimum absolute atomic E-state index is 0.119. The van der Waals surface area contributed by atoms with Crippen molar-refractivity contribution in [1.29, 1.82) is 0 Å². The van der Waals surface area contributed by atoms with Crippen molar-refractivity contribution in [2.75, 3.05) is 26.6 Å². The molecule has 2 rings (SSSR count). The third-order valence-electron chi connectivity index (χ3n) is 2.53. The first-order chi connectivity index (χ1) is 6.90. The minimum Gasteiger partial charge on any atom is -0.373 e. The van der Waals surface area contributed by atoms with Crippen LogP contribution >= 0.6 is 0 Å². The van der Waals surface area contributed by atoms with Crippen LogP contribution in [0.5, 0.6) is 0 Å². The molecule has 4 nitrogen and oxygen atoms in total. The molecule has 0 aromatic carbocycles. The van der Waals surface area contributed by atoms with E-state index in [-0.39, 0.29) is 12.2 Å². The second-order valence-corrected chi connectivity index (χ2v) is 3.81. The van der Waals surface area contributed by atoms with Gasteiger partial charge in [-0.15, -0.1) is 0 Å². The van der Waals surface area contributed by atoms with E-state index in [1.807, 2.05) is 0 Å². The van der Waals surface area contributed by atoms with E-state index in [1.54, 1.807) is 0 Å². The highest BCUT2D eigenvalue weighted by Crippen LogP contribution is 2.18. The fraction of sp³-hybridized carbons (Fsp3) is 1.00. The van der Waals surface area contributed by atoms with Gasteiger partial charge in [-0.05, 0) is 6.42 Å². The van der Waals surface area contributed by atoms with Crippen LogP contribution in [0.2, 0.25) is 0 Å². The molecule has 2 aliphatic rings. The van der Waals surface area contributed by atoms with E-state index in [2.05, 4.69) is 6.92 Å². The third-order valence-corrected chi connectivity index (χ3v) is 2.53. The van der Waals surface area contributed by atoms with E-state index in [1.165, 1.54) is 0 Å². The van der Waals surface area contributed by atoms with Crippen LogP contribution in [0.3, 0.4) is 0 Å². The molecule has 0 N–H and O–H groups in total. The lowest BCUT2D eigenvalue weighted by Gasteiger charge is -2.21. The molecule has 0 aromatic heterocycles. The van der Waals surface area contributed by atoms with Crippen LogP contribution in [-0.4, -0.2) is 44.9 Å². The van der Waals surface area contributed by atoms with Gasteiger partial charge in [-0.25, -0.2) is 0 Å². The first kappa shape index (κ1) is 10.4. The summed E-state index contributed by atoms with van der Waals surface area (Å²) in [4.78, 5) is 0. The van der Waals surface area contributed by atoms with E-state index in [0.717, 1.165) is 19.4 Å². The number of rotatable bonds is 6. The molecule has 4 heteroatoms. The molecule has 3 unspecified atom stereocenters. The first-order valence-electron chi connectivity index (χ1n) is 5.32. The molecule has 2 aliphatic heterocycles. The molecule has 0 amide bonds. The van der Waals surface area contributed by atoms with Crippen molar-refractivity contribution < 1.29 is 18.9 Å². The maximum atomic E-state index is 5.76. The molecule has 0 radical (unpaired) electrons. The largest absolute Gasteiger partial charge is 0.373 e. The Labute approximate surface area is 84.5 Å². The highest BCUT2D eigenvalue weighted by Gasteiger charge is 2.30. The van der Waals surface area contributed by atoms with Crippen LogP contribution in [0.1, 0.15) is 19.8 Å². The Morgan fingerprint density at radius 2 is 2.21 bits per heavy atom. The Morgan fingerprint density at radius 1 is 1.36 bits per heavy atom. The zero-order valence-corrected chi connectivity index (χ0v) is 8.61. The summed E-state index contributed by atoms with van der Waals surface area (Å²) in [5.74, 6) is 0. The summed E-state index contributed by atoms with van der Waals surface area (Å²) in [7, 11) is 0. The Bertz CT molecular complexity index is 164. The summed E-state index contributed by atoms with van der Waals surface area (Å²) in [5.41, 5.74) is 0. The standard InChI is InChI=1S/C10H18O4/c1-2-3-9(10-6-11-7-14-10)13-5-8-4-12-8/h8-10H,2-7H2,1H3. The normalized spacial score (nSPS) is 33.2. The molecule has 0 bridgehead atoms. The molecule has 0 aromatic rings. The van der Waals surface area contributed by atoms with Crippen molar-refractivity contribution in [2.24, 2.45) is 0 Å². The highest BCUT2D eigenvalue weighted by molar-refractivity contribution is 4.75. The highest BCUT2D eigenvalue weighted by atomic mass is 16.7. The lowest BCUT2D eigenvalue weighted by atomic mass is 10.1. The molecule has 3 atom stereocenters. The molecule has 2 heterocycles. The zero-order valence-electron chi connectivity index (χ0n) is 8.61. The van der Waals surface area contributed by atoms with E-state index < -0.39 is 0 Å². The SMILES string of the molecule is CCCC(OCC1CO1)C1COCO1. The number of hydrogen-bond donors (Lipinski definition) is 0. The molecule has 0 aliphatic carbocycles. The van der Waals surface area contributed by atoms with Gasteiger partial charge in [-0.3, -0.25) is 0 Å². The number of epoxide rings is 1. The molecule has 82 valence electrons. The van der Waals surface area contributed by atoms with Gasteiger partial charge in [-0.1, -0.05) is 13.3 Å². The average molecular weight is 202 g/mol. The summed E-state index contributed by atoms with van der Waals surface area (Å²) in [5, 5.41) is 0. The molecular weight excluding hydrogens is 184 g/mol. The lowest BCUT2D eigenvalue weighted by Crippen LogP contribution is -2.32. The number of ether oxygens (including phenoxy) is 4. The van der Waals surface area contributed by atoms with E-state index in [0.29, 0.717) is 26.1 Å². The summed E-state index contributed by atoms with van der Waals surface area (Å²) >= 11 is 0. The van der Waals surface area contributed by atoms with Gasteiger partial charge in [-0.2, -0.15) is 0 Å². The van der Waals surface area contributed by atoms with Crippen molar-refractivity contribution in [3.8, 4) is 0 Å². The summed E-state index contributed by atoms with van der Waals surface area (Å²) in [6.45, 7) is 4.77. The van der Waals surface area contributed by atoms with Crippen molar-refractivity contribution in [3.05, 3.63) is 0 Å². The van der Waals surface area contributed by atoms with Gasteiger partial charge in [0.15, 0.2) is 0 Å². The Kier molecular flexibility index (Phi) is 3.75. The van der Waals surface area contributed by atoms with Gasteiger partial charge in [0, 0.05) is 0 Å². The minimum atomic E-state index is 0.119. The predicted molar refractivity (Wildman–Crippen MR) is 50.1 cm³/mol. The zero-order chi connectivity index (χ0) is 9.80. The van der Waals surface area contributed by atoms with Crippen molar-refractivity contribution in [3.63, 3.8) is 0 Å². The maximum Gasteiger partial charge on any atom is 0.147 e. The van der Waals surface area contributed by atoms with Crippen LogP contribution < -0.4 is 0 Å². The van der Waals surface area contributed by atoms with Gasteiger partial charge >= 0.3 is 0 Å². The third kappa shape index (κ3) is 2.92. The molecule has 0 spiro atoms. The topological polar surface area (TPSA) is 40.2 Å². The second-order valence-electron chi connectivity index (χ2n) is 3.81. The van der Waals surface area contributed by atoms with Crippen LogP contribution in [0, 0.1) is 0 Å². The summed E-state index contributed by atoms with van der Waals surface area (Å²) in [6.07, 6.45) is 2.76. The first-order valence-corrected chi connectivity index (χ1v) is 5.32. The Hall–Kier alpha value is -0.160. The van der Waals surface area contributed by atoms with Crippen molar-refractivity contribution in [1.82, 2.24) is 0 Å². The monoisotopic (exact) mass is 202 g/mol. The van der Waals surface area contributed by atoms with Gasteiger partial charge in [0.2, 0.25) is 0 Å². The van der Waals surface area contributed by atoms with E-state index in [4.69, 9.17) is 18.9 Å². The van der Waals surface area contributed by atoms with Crippen molar-refractivity contribution >= 4 is 0 Å². The van der Waals surface area contributed by atoms with Gasteiger partial charge in [0.1, 0.15) is 19.0 Å². The summed E-state index contributed by atoms with van der Waals surface area (Å²) < 4.78 is 21.5. The quantitative estimate of drug-likeness (QED) is 0.601. The fourth-order valence-electron chi connectivity index (χ4n) is 1.62. The average Bonchev–Trinajstić information content (AvgIpc) is 2.86. The van der Waals surface area contributed by atoms with Gasteiger partial charge in [0.25, 0.3) is 0 Å². The van der Waals surface area contributed by atoms with Crippen LogP contribution in [-0.2, 0) is 18.9 Å². The maximum absolute atomic E-state index is 5.76. The fourth-order valence-corrected chi connectivity index (χ4v) is 1.62. The summed E-state index contributed by atoms with van der Waals surface area (Å²) in [6, 6.07) is 0. The molecule has 2 saturated heterocycles. The number of hydrogen-bond acceptors (Lipinski definition) is 4. The molecule has 14 heavy (non-hydrogen) atoms. The van der Waals surface area contributed by atoms with Crippen molar-refractivity contribution in [2.45, 2.75) is 38.1 Å². The van der Waals surface area contributed by atoms with Crippen LogP contribution in [0.25, 0.3) is 0 Å². The van der Waals surface area contributed by atoms with Crippen LogP contribution in [0.15, 0.2) is 0 Å². The van der Waals surface area contributed by atoms with Crippen LogP contribution in [0.4, 0.5) is 0 Å². The predicted octanol–water partition coefficient (Wildman–Crippen LogP) is 0.943. The molecular formula is C10H18O4. The van der Waals surface area contributed by atoms with Gasteiger partial charge in [0.05, 0.1) is 25.9 Å². The second kappa shape index (κ2) is 5.07.